The number of halogens is 8. The van der Waals surface area contributed by atoms with Crippen LogP contribution in [0.2, 0.25) is 0 Å². The van der Waals surface area contributed by atoms with Crippen LogP contribution in [0.1, 0.15) is 58.3 Å². The first-order chi connectivity index (χ1) is 18.8. The summed E-state index contributed by atoms with van der Waals surface area (Å²) in [6.07, 6.45) is -10.4. The van der Waals surface area contributed by atoms with E-state index in [1.54, 1.807) is 5.38 Å². The van der Waals surface area contributed by atoms with Crippen molar-refractivity contribution in [3.8, 4) is 0 Å². The van der Waals surface area contributed by atoms with Gasteiger partial charge in [0.1, 0.15) is 29.6 Å². The van der Waals surface area contributed by atoms with Crippen molar-refractivity contribution < 1.29 is 49.4 Å². The zero-order valence-corrected chi connectivity index (χ0v) is 21.2. The summed E-state index contributed by atoms with van der Waals surface area (Å²) in [5.41, 5.74) is -2.84. The van der Waals surface area contributed by atoms with Gasteiger partial charge in [-0.3, -0.25) is 9.48 Å². The number of carbonyl (C=O) groups excluding carboxylic acids is 1. The van der Waals surface area contributed by atoms with Crippen LogP contribution in [0.4, 0.5) is 35.1 Å². The number of thiazole rings is 1. The molecule has 0 unspecified atom stereocenters. The number of alkyl halides is 6. The lowest BCUT2D eigenvalue weighted by Gasteiger charge is -2.31. The second kappa shape index (κ2) is 10.7. The molecule has 4 heterocycles. The lowest BCUT2D eigenvalue weighted by molar-refractivity contribution is -0.155. The smallest absolute Gasteiger partial charge is 0.342 e. The highest BCUT2D eigenvalue weighted by atomic mass is 32.1. The van der Waals surface area contributed by atoms with Gasteiger partial charge in [0.2, 0.25) is 12.2 Å². The van der Waals surface area contributed by atoms with Gasteiger partial charge in [-0.25, -0.2) is 13.8 Å². The molecular formula is C24H20F8N4O3S. The number of fused-ring (bicyclic) bond motifs is 1. The first kappa shape index (κ1) is 28.4. The lowest BCUT2D eigenvalue weighted by Crippen LogP contribution is -2.40. The van der Waals surface area contributed by atoms with Crippen LogP contribution in [0.15, 0.2) is 23.6 Å². The van der Waals surface area contributed by atoms with Crippen molar-refractivity contribution in [1.29, 1.82) is 0 Å². The largest absolute Gasteiger partial charge is 0.435 e. The molecule has 1 aromatic carbocycles. The fraction of sp³-hybridized carbons (Fsp3) is 0.458. The van der Waals surface area contributed by atoms with E-state index in [0.29, 0.717) is 23.5 Å². The van der Waals surface area contributed by atoms with Gasteiger partial charge in [0, 0.05) is 41.6 Å². The molecule has 40 heavy (non-hydrogen) atoms. The van der Waals surface area contributed by atoms with Gasteiger partial charge in [0.15, 0.2) is 5.69 Å². The van der Waals surface area contributed by atoms with Crippen LogP contribution in [0.25, 0.3) is 0 Å². The third-order valence-electron chi connectivity index (χ3n) is 6.70. The summed E-state index contributed by atoms with van der Waals surface area (Å²) in [5.74, 6) is -2.11. The Morgan fingerprint density at radius 3 is 2.12 bits per heavy atom. The number of hydrogen-bond donors (Lipinski definition) is 0. The fourth-order valence-electron chi connectivity index (χ4n) is 4.59. The number of carbonyl (C=O) groups is 1. The molecule has 0 radical (unpaired) electrons. The van der Waals surface area contributed by atoms with Gasteiger partial charge < -0.3 is 14.4 Å². The molecule has 0 atom stereocenters. The molecule has 2 aliphatic rings. The summed E-state index contributed by atoms with van der Waals surface area (Å²) < 4.78 is 118. The van der Waals surface area contributed by atoms with Crippen molar-refractivity contribution in [2.24, 2.45) is 0 Å². The Morgan fingerprint density at radius 1 is 0.975 bits per heavy atom. The Hall–Kier alpha value is -3.11. The van der Waals surface area contributed by atoms with E-state index in [-0.39, 0.29) is 54.1 Å². The molecule has 1 saturated heterocycles. The Kier molecular flexibility index (Phi) is 7.60. The molecule has 0 N–H and O–H groups in total. The van der Waals surface area contributed by atoms with Crippen molar-refractivity contribution in [3.63, 3.8) is 0 Å². The van der Waals surface area contributed by atoms with E-state index in [0.717, 1.165) is 12.1 Å². The van der Waals surface area contributed by atoms with Crippen LogP contribution in [-0.4, -0.2) is 38.7 Å². The minimum atomic E-state index is -5.12. The third kappa shape index (κ3) is 5.83. The normalized spacial score (nSPS) is 17.6. The van der Waals surface area contributed by atoms with E-state index in [1.165, 1.54) is 16.2 Å². The molecule has 3 aromatic rings. The maximum atomic E-state index is 14.1. The molecule has 5 rings (SSSR count). The molecule has 216 valence electrons. The summed E-state index contributed by atoms with van der Waals surface area (Å²) >= 11 is 1.30. The van der Waals surface area contributed by atoms with Gasteiger partial charge >= 0.3 is 12.4 Å². The van der Waals surface area contributed by atoms with Crippen LogP contribution < -0.4 is 0 Å². The number of ether oxygens (including phenoxy) is 2. The molecule has 0 spiro atoms. The van der Waals surface area contributed by atoms with Crippen molar-refractivity contribution in [3.05, 3.63) is 68.4 Å². The van der Waals surface area contributed by atoms with Crippen LogP contribution in [0.5, 0.6) is 0 Å². The number of benzene rings is 1. The van der Waals surface area contributed by atoms with Gasteiger partial charge in [-0.15, -0.1) is 11.3 Å². The summed E-state index contributed by atoms with van der Waals surface area (Å²) in [4.78, 5) is 18.5. The van der Waals surface area contributed by atoms with Crippen LogP contribution in [-0.2, 0) is 46.4 Å². The monoisotopic (exact) mass is 596 g/mol. The van der Waals surface area contributed by atoms with E-state index in [1.807, 2.05) is 0 Å². The lowest BCUT2D eigenvalue weighted by atomic mass is 9.97. The summed E-state index contributed by atoms with van der Waals surface area (Å²) in [6, 6.07) is 1.91. The molecule has 1 fully saturated rings. The number of amides is 1. The van der Waals surface area contributed by atoms with Crippen molar-refractivity contribution in [2.75, 3.05) is 13.1 Å². The molecule has 16 heteroatoms. The first-order valence-corrected chi connectivity index (χ1v) is 12.8. The number of likely N-dealkylation sites (tertiary alicyclic amines) is 1. The Labute approximate surface area is 225 Å². The van der Waals surface area contributed by atoms with E-state index in [4.69, 9.17) is 9.47 Å². The minimum Gasteiger partial charge on any atom is -0.342 e. The second-order valence-corrected chi connectivity index (χ2v) is 10.2. The zero-order chi connectivity index (χ0) is 28.8. The number of piperidine rings is 1. The van der Waals surface area contributed by atoms with E-state index in [2.05, 4.69) is 10.1 Å². The quantitative estimate of drug-likeness (QED) is 0.356. The maximum absolute atomic E-state index is 14.1. The van der Waals surface area contributed by atoms with Crippen LogP contribution >= 0.6 is 11.3 Å². The first-order valence-electron chi connectivity index (χ1n) is 12.0. The van der Waals surface area contributed by atoms with Crippen molar-refractivity contribution in [1.82, 2.24) is 19.7 Å². The number of hydrogen-bond acceptors (Lipinski definition) is 6. The van der Waals surface area contributed by atoms with Gasteiger partial charge in [-0.05, 0) is 25.0 Å². The molecule has 0 saturated carbocycles. The third-order valence-corrected chi connectivity index (χ3v) is 7.72. The van der Waals surface area contributed by atoms with Crippen LogP contribution in [0.3, 0.4) is 0 Å². The molecule has 1 amide bonds. The molecule has 2 aliphatic heterocycles. The molecule has 0 bridgehead atoms. The SMILES string of the molecule is O=C(Cn1nc(C(F)(F)F)cc1C(F)(F)F)N1CCC(c2nc(C3OCc4c(F)ccc(F)c4CO3)cs2)CC1. The average Bonchev–Trinajstić information content (AvgIpc) is 3.49. The van der Waals surface area contributed by atoms with Crippen molar-refractivity contribution >= 4 is 17.2 Å². The summed E-state index contributed by atoms with van der Waals surface area (Å²) in [5, 5.41) is 5.35. The van der Waals surface area contributed by atoms with E-state index >= 15 is 0 Å². The summed E-state index contributed by atoms with van der Waals surface area (Å²) in [7, 11) is 0. The topological polar surface area (TPSA) is 69.5 Å². The highest BCUT2D eigenvalue weighted by Gasteiger charge is 2.42. The van der Waals surface area contributed by atoms with Crippen molar-refractivity contribution in [2.45, 2.75) is 57.2 Å². The Morgan fingerprint density at radius 2 is 1.57 bits per heavy atom. The molecule has 2 aromatic heterocycles. The minimum absolute atomic E-state index is 0.0348. The number of nitrogens with zero attached hydrogens (tertiary/aromatic N) is 4. The Balaban J connectivity index is 1.20. The second-order valence-electron chi connectivity index (χ2n) is 9.27. The zero-order valence-electron chi connectivity index (χ0n) is 20.4. The van der Waals surface area contributed by atoms with Crippen LogP contribution in [0, 0.1) is 11.6 Å². The highest BCUT2D eigenvalue weighted by molar-refractivity contribution is 7.09. The molecule has 7 nitrogen and oxygen atoms in total. The van der Waals surface area contributed by atoms with Gasteiger partial charge in [-0.1, -0.05) is 0 Å². The van der Waals surface area contributed by atoms with Gasteiger partial charge in [-0.2, -0.15) is 31.4 Å². The average molecular weight is 597 g/mol. The molecular weight excluding hydrogens is 576 g/mol. The number of aromatic nitrogens is 3. The van der Waals surface area contributed by atoms with Gasteiger partial charge in [0.05, 0.1) is 18.2 Å². The van der Waals surface area contributed by atoms with E-state index in [9.17, 15) is 39.9 Å². The summed E-state index contributed by atoms with van der Waals surface area (Å²) in [6.45, 7) is -1.12. The fourth-order valence-corrected chi connectivity index (χ4v) is 5.58. The predicted octanol–water partition coefficient (Wildman–Crippen LogP) is 5.81. The highest BCUT2D eigenvalue weighted by Crippen LogP contribution is 2.37. The number of rotatable bonds is 4. The predicted molar refractivity (Wildman–Crippen MR) is 122 cm³/mol. The Bertz CT molecular complexity index is 1360. The van der Waals surface area contributed by atoms with Gasteiger partial charge in [0.25, 0.3) is 0 Å². The van der Waals surface area contributed by atoms with E-state index < -0.39 is 54.1 Å². The standard InChI is InChI=1S/C24H20F8N4O3S/c25-15-1-2-16(26)14-10-39-22(38-9-13(14)15)17-11-40-21(33-17)12-3-5-35(6-4-12)20(37)8-36-19(24(30,31)32)7-18(34-36)23(27,28)29/h1-2,7,11-12,22H,3-6,8-10H2. The molecule has 0 aliphatic carbocycles. The maximum Gasteiger partial charge on any atom is 0.435 e.